The fraction of sp³-hybridized carbons (Fsp3) is 0.455. The predicted molar refractivity (Wildman–Crippen MR) is 52.8 cm³/mol. The van der Waals surface area contributed by atoms with Crippen LogP contribution in [-0.2, 0) is 5.54 Å². The predicted octanol–water partition coefficient (Wildman–Crippen LogP) is 2.09. The van der Waals surface area contributed by atoms with Crippen molar-refractivity contribution in [2.45, 2.75) is 25.3 Å². The van der Waals surface area contributed by atoms with Gasteiger partial charge >= 0.3 is 0 Å². The van der Waals surface area contributed by atoms with Crippen LogP contribution >= 0.6 is 0 Å². The van der Waals surface area contributed by atoms with Crippen molar-refractivity contribution in [3.63, 3.8) is 0 Å². The minimum absolute atomic E-state index is 0.241. The van der Waals surface area contributed by atoms with Gasteiger partial charge in [-0.1, -0.05) is 0 Å². The van der Waals surface area contributed by atoms with Crippen molar-refractivity contribution >= 4 is 0 Å². The molecule has 1 fully saturated rings. The fourth-order valence-corrected chi connectivity index (χ4v) is 1.77. The zero-order valence-corrected chi connectivity index (χ0v) is 8.43. The van der Waals surface area contributed by atoms with Gasteiger partial charge in [0.05, 0.1) is 7.11 Å². The number of methoxy groups -OCH3 is 1. The van der Waals surface area contributed by atoms with Crippen molar-refractivity contribution in [3.05, 3.63) is 29.1 Å². The number of aryl methyl sites for hydroxylation is 1. The SMILES string of the molecule is COc1c(C)cc(F)cc1C1(N)CC1. The lowest BCUT2D eigenvalue weighted by molar-refractivity contribution is 0.399. The van der Waals surface area contributed by atoms with Crippen molar-refractivity contribution < 1.29 is 9.13 Å². The number of halogens is 1. The van der Waals surface area contributed by atoms with Crippen LogP contribution in [0.2, 0.25) is 0 Å². The van der Waals surface area contributed by atoms with Crippen molar-refractivity contribution in [1.82, 2.24) is 0 Å². The molecule has 0 radical (unpaired) electrons. The summed E-state index contributed by atoms with van der Waals surface area (Å²) in [6.45, 7) is 1.83. The summed E-state index contributed by atoms with van der Waals surface area (Å²) in [5.41, 5.74) is 7.29. The molecule has 3 heteroatoms. The number of hydrogen-bond donors (Lipinski definition) is 1. The largest absolute Gasteiger partial charge is 0.496 e. The highest BCUT2D eigenvalue weighted by atomic mass is 19.1. The summed E-state index contributed by atoms with van der Waals surface area (Å²) < 4.78 is 18.4. The van der Waals surface area contributed by atoms with Crippen LogP contribution in [0.4, 0.5) is 4.39 Å². The van der Waals surface area contributed by atoms with E-state index in [1.54, 1.807) is 7.11 Å². The summed E-state index contributed by atoms with van der Waals surface area (Å²) in [7, 11) is 1.59. The molecule has 76 valence electrons. The Labute approximate surface area is 82.9 Å². The molecule has 1 aliphatic rings. The van der Waals surface area contributed by atoms with Crippen LogP contribution in [0.1, 0.15) is 24.0 Å². The van der Waals surface area contributed by atoms with Gasteiger partial charge in [-0.05, 0) is 37.5 Å². The van der Waals surface area contributed by atoms with E-state index in [-0.39, 0.29) is 11.4 Å². The monoisotopic (exact) mass is 195 g/mol. The second-order valence-electron chi connectivity index (χ2n) is 3.96. The molecule has 0 aliphatic heterocycles. The van der Waals surface area contributed by atoms with E-state index in [0.717, 1.165) is 29.7 Å². The van der Waals surface area contributed by atoms with Gasteiger partial charge < -0.3 is 10.5 Å². The first kappa shape index (κ1) is 9.46. The van der Waals surface area contributed by atoms with Crippen molar-refractivity contribution in [2.75, 3.05) is 7.11 Å². The van der Waals surface area contributed by atoms with Crippen LogP contribution in [-0.4, -0.2) is 7.11 Å². The molecule has 2 rings (SSSR count). The second kappa shape index (κ2) is 2.95. The van der Waals surface area contributed by atoms with Crippen molar-refractivity contribution in [3.8, 4) is 5.75 Å². The van der Waals surface area contributed by atoms with E-state index in [9.17, 15) is 4.39 Å². The van der Waals surface area contributed by atoms with Gasteiger partial charge in [-0.25, -0.2) is 4.39 Å². The molecule has 1 aliphatic carbocycles. The lowest BCUT2D eigenvalue weighted by Crippen LogP contribution is -2.20. The number of rotatable bonds is 2. The number of hydrogen-bond acceptors (Lipinski definition) is 2. The molecule has 0 aromatic heterocycles. The van der Waals surface area contributed by atoms with Crippen LogP contribution in [0, 0.1) is 12.7 Å². The third kappa shape index (κ3) is 1.38. The van der Waals surface area contributed by atoms with Gasteiger partial charge in [0.25, 0.3) is 0 Å². The molecule has 0 bridgehead atoms. The van der Waals surface area contributed by atoms with E-state index in [1.165, 1.54) is 12.1 Å². The summed E-state index contributed by atoms with van der Waals surface area (Å²) in [5.74, 6) is 0.487. The van der Waals surface area contributed by atoms with Gasteiger partial charge in [0.15, 0.2) is 0 Å². The maximum atomic E-state index is 13.2. The Bertz CT molecular complexity index is 372. The van der Waals surface area contributed by atoms with Gasteiger partial charge in [0.2, 0.25) is 0 Å². The molecule has 1 aromatic rings. The van der Waals surface area contributed by atoms with Crippen LogP contribution in [0.15, 0.2) is 12.1 Å². The fourth-order valence-electron chi connectivity index (χ4n) is 1.77. The Hall–Kier alpha value is -1.09. The van der Waals surface area contributed by atoms with Crippen LogP contribution in [0.25, 0.3) is 0 Å². The third-order valence-electron chi connectivity index (χ3n) is 2.77. The topological polar surface area (TPSA) is 35.2 Å². The summed E-state index contributed by atoms with van der Waals surface area (Å²) in [5, 5.41) is 0. The normalized spacial score (nSPS) is 18.0. The molecule has 0 amide bonds. The van der Waals surface area contributed by atoms with Crippen molar-refractivity contribution in [1.29, 1.82) is 0 Å². The molecule has 14 heavy (non-hydrogen) atoms. The third-order valence-corrected chi connectivity index (χ3v) is 2.77. The Morgan fingerprint density at radius 2 is 2.07 bits per heavy atom. The highest BCUT2D eigenvalue weighted by Crippen LogP contribution is 2.47. The number of benzene rings is 1. The molecule has 0 spiro atoms. The zero-order valence-electron chi connectivity index (χ0n) is 8.43. The van der Waals surface area contributed by atoms with E-state index in [2.05, 4.69) is 0 Å². The lowest BCUT2D eigenvalue weighted by atomic mass is 10.0. The first-order valence-corrected chi connectivity index (χ1v) is 4.70. The van der Waals surface area contributed by atoms with Gasteiger partial charge in [0, 0.05) is 11.1 Å². The average Bonchev–Trinajstić information content (AvgIpc) is 2.84. The van der Waals surface area contributed by atoms with E-state index in [0.29, 0.717) is 0 Å². The maximum absolute atomic E-state index is 13.2. The van der Waals surface area contributed by atoms with Gasteiger partial charge in [-0.15, -0.1) is 0 Å². The maximum Gasteiger partial charge on any atom is 0.127 e. The Kier molecular flexibility index (Phi) is 2.00. The molecule has 0 unspecified atom stereocenters. The van der Waals surface area contributed by atoms with E-state index in [1.807, 2.05) is 6.92 Å². The molecular weight excluding hydrogens is 181 g/mol. The van der Waals surface area contributed by atoms with Crippen LogP contribution < -0.4 is 10.5 Å². The summed E-state index contributed by atoms with van der Waals surface area (Å²) in [4.78, 5) is 0. The molecule has 1 saturated carbocycles. The minimum Gasteiger partial charge on any atom is -0.496 e. The molecule has 0 heterocycles. The van der Waals surface area contributed by atoms with Gasteiger partial charge in [-0.3, -0.25) is 0 Å². The first-order valence-electron chi connectivity index (χ1n) is 4.70. The Morgan fingerprint density at radius 3 is 2.57 bits per heavy atom. The summed E-state index contributed by atoms with van der Waals surface area (Å²) in [6, 6.07) is 2.95. The minimum atomic E-state index is -0.349. The first-order chi connectivity index (χ1) is 6.57. The average molecular weight is 195 g/mol. The standard InChI is InChI=1S/C11H14FNO/c1-7-5-8(12)6-9(10(7)14-2)11(13)3-4-11/h5-6H,3-4,13H2,1-2H3. The molecule has 0 saturated heterocycles. The second-order valence-corrected chi connectivity index (χ2v) is 3.96. The summed E-state index contributed by atoms with van der Waals surface area (Å²) in [6.07, 6.45) is 1.82. The number of nitrogens with two attached hydrogens (primary N) is 1. The van der Waals surface area contributed by atoms with E-state index >= 15 is 0 Å². The Morgan fingerprint density at radius 1 is 1.43 bits per heavy atom. The van der Waals surface area contributed by atoms with E-state index < -0.39 is 0 Å². The molecular formula is C11H14FNO. The number of ether oxygens (including phenoxy) is 1. The quantitative estimate of drug-likeness (QED) is 0.784. The van der Waals surface area contributed by atoms with E-state index in [4.69, 9.17) is 10.5 Å². The summed E-state index contributed by atoms with van der Waals surface area (Å²) >= 11 is 0. The lowest BCUT2D eigenvalue weighted by Gasteiger charge is -2.16. The van der Waals surface area contributed by atoms with Gasteiger partial charge in [-0.2, -0.15) is 0 Å². The Balaban J connectivity index is 2.56. The highest BCUT2D eigenvalue weighted by molar-refractivity contribution is 5.47. The molecule has 1 aromatic carbocycles. The van der Waals surface area contributed by atoms with Crippen molar-refractivity contribution in [2.24, 2.45) is 5.73 Å². The molecule has 2 nitrogen and oxygen atoms in total. The van der Waals surface area contributed by atoms with Crippen LogP contribution in [0.5, 0.6) is 5.75 Å². The highest BCUT2D eigenvalue weighted by Gasteiger charge is 2.42. The molecule has 0 atom stereocenters. The molecule has 2 N–H and O–H groups in total. The van der Waals surface area contributed by atoms with Crippen LogP contribution in [0.3, 0.4) is 0 Å². The smallest absolute Gasteiger partial charge is 0.127 e. The van der Waals surface area contributed by atoms with Gasteiger partial charge in [0.1, 0.15) is 11.6 Å². The zero-order chi connectivity index (χ0) is 10.3.